The lowest BCUT2D eigenvalue weighted by atomic mass is 10.2. The van der Waals surface area contributed by atoms with Crippen LogP contribution in [0.3, 0.4) is 0 Å². The van der Waals surface area contributed by atoms with Gasteiger partial charge in [-0.2, -0.15) is 0 Å². The Morgan fingerprint density at radius 2 is 2.17 bits per heavy atom. The summed E-state index contributed by atoms with van der Waals surface area (Å²) in [4.78, 5) is 26.7. The predicted molar refractivity (Wildman–Crippen MR) is 82.0 cm³/mol. The fourth-order valence-electron chi connectivity index (χ4n) is 1.78. The van der Waals surface area contributed by atoms with E-state index < -0.39 is 23.8 Å². The summed E-state index contributed by atoms with van der Waals surface area (Å²) in [6, 6.07) is 5.85. The summed E-state index contributed by atoms with van der Waals surface area (Å²) in [5.74, 6) is -2.06. The number of ether oxygens (including phenoxy) is 1. The van der Waals surface area contributed by atoms with E-state index in [1.165, 1.54) is 23.6 Å². The Kier molecular flexibility index (Phi) is 5.64. The van der Waals surface area contributed by atoms with Crippen LogP contribution in [-0.4, -0.2) is 28.1 Å². The molecule has 1 aromatic heterocycles. The fourth-order valence-corrected chi connectivity index (χ4v) is 2.49. The molecule has 0 spiro atoms. The first-order valence-corrected chi connectivity index (χ1v) is 7.75. The van der Waals surface area contributed by atoms with Crippen LogP contribution in [0.1, 0.15) is 28.8 Å². The molecule has 2 N–H and O–H groups in total. The Hall–Kier alpha value is -2.48. The van der Waals surface area contributed by atoms with Gasteiger partial charge in [-0.1, -0.05) is 19.1 Å². The van der Waals surface area contributed by atoms with Gasteiger partial charge in [-0.05, 0) is 18.6 Å². The molecule has 6 nitrogen and oxygen atoms in total. The van der Waals surface area contributed by atoms with Crippen LogP contribution < -0.4 is 10.1 Å². The van der Waals surface area contributed by atoms with Crippen LogP contribution >= 0.6 is 11.3 Å². The van der Waals surface area contributed by atoms with Crippen molar-refractivity contribution in [3.63, 3.8) is 0 Å². The standard InChI is InChI=1S/C15H15FN2O4S/c1-2-11(22-12-6-4-3-5-9(12)16)14(19)17-7-13-18-10(8-23-13)15(20)21/h3-6,8,11H,2,7H2,1H3,(H,17,19)(H,20,21). The number of amides is 1. The summed E-state index contributed by atoms with van der Waals surface area (Å²) in [5.41, 5.74) is -0.0612. The van der Waals surface area contributed by atoms with Gasteiger partial charge in [0, 0.05) is 5.38 Å². The molecule has 0 fully saturated rings. The number of rotatable bonds is 7. The van der Waals surface area contributed by atoms with E-state index in [1.54, 1.807) is 13.0 Å². The number of aromatic carboxylic acids is 1. The predicted octanol–water partition coefficient (Wildman–Crippen LogP) is 2.45. The lowest BCUT2D eigenvalue weighted by Gasteiger charge is -2.17. The van der Waals surface area contributed by atoms with Crippen molar-refractivity contribution in [3.8, 4) is 5.75 Å². The molecule has 0 aliphatic rings. The Balaban J connectivity index is 1.94. The van der Waals surface area contributed by atoms with Crippen LogP contribution in [0, 0.1) is 5.82 Å². The molecule has 0 aliphatic carbocycles. The van der Waals surface area contributed by atoms with E-state index in [2.05, 4.69) is 10.3 Å². The van der Waals surface area contributed by atoms with Gasteiger partial charge in [-0.3, -0.25) is 4.79 Å². The Morgan fingerprint density at radius 1 is 1.43 bits per heavy atom. The van der Waals surface area contributed by atoms with E-state index in [9.17, 15) is 14.0 Å². The quantitative estimate of drug-likeness (QED) is 0.809. The second-order valence-corrected chi connectivity index (χ2v) is 5.54. The van der Waals surface area contributed by atoms with Crippen molar-refractivity contribution in [2.75, 3.05) is 0 Å². The maximum absolute atomic E-state index is 13.6. The van der Waals surface area contributed by atoms with Gasteiger partial charge in [0.25, 0.3) is 5.91 Å². The largest absolute Gasteiger partial charge is 0.478 e. The normalized spacial score (nSPS) is 11.7. The van der Waals surface area contributed by atoms with Crippen LogP contribution in [0.25, 0.3) is 0 Å². The minimum absolute atomic E-state index is 0.0110. The van der Waals surface area contributed by atoms with Crippen molar-refractivity contribution in [3.05, 3.63) is 46.2 Å². The van der Waals surface area contributed by atoms with Crippen molar-refractivity contribution in [2.24, 2.45) is 0 Å². The van der Waals surface area contributed by atoms with E-state index in [-0.39, 0.29) is 18.0 Å². The third-order valence-corrected chi connectivity index (χ3v) is 3.80. The number of aromatic nitrogens is 1. The summed E-state index contributed by atoms with van der Waals surface area (Å²) in [6.07, 6.45) is -0.482. The van der Waals surface area contributed by atoms with Crippen LogP contribution in [0.2, 0.25) is 0 Å². The lowest BCUT2D eigenvalue weighted by molar-refractivity contribution is -0.128. The first-order valence-electron chi connectivity index (χ1n) is 6.87. The number of benzene rings is 1. The number of carbonyl (C=O) groups excluding carboxylic acids is 1. The van der Waals surface area contributed by atoms with E-state index in [0.29, 0.717) is 11.4 Å². The first-order chi connectivity index (χ1) is 11.0. The molecule has 0 aliphatic heterocycles. The molecule has 2 rings (SSSR count). The average molecular weight is 338 g/mol. The molecule has 0 bridgehead atoms. The summed E-state index contributed by atoms with van der Waals surface area (Å²) < 4.78 is 18.9. The molecule has 122 valence electrons. The average Bonchev–Trinajstić information content (AvgIpc) is 3.01. The number of halogens is 1. The van der Waals surface area contributed by atoms with Gasteiger partial charge in [0.1, 0.15) is 5.01 Å². The Morgan fingerprint density at radius 3 is 2.78 bits per heavy atom. The van der Waals surface area contributed by atoms with Crippen LogP contribution in [0.4, 0.5) is 4.39 Å². The zero-order valence-corrected chi connectivity index (χ0v) is 13.1. The van der Waals surface area contributed by atoms with Crippen LogP contribution in [0.15, 0.2) is 29.6 Å². The number of thiazole rings is 1. The van der Waals surface area contributed by atoms with Crippen molar-refractivity contribution in [1.29, 1.82) is 0 Å². The molecule has 1 amide bonds. The van der Waals surface area contributed by atoms with E-state index in [4.69, 9.17) is 9.84 Å². The zero-order chi connectivity index (χ0) is 16.8. The Bertz CT molecular complexity index is 704. The summed E-state index contributed by atoms with van der Waals surface area (Å²) in [5, 5.41) is 13.3. The molecule has 0 saturated carbocycles. The van der Waals surface area contributed by atoms with Gasteiger partial charge in [0.2, 0.25) is 0 Å². The molecule has 1 heterocycles. The third-order valence-electron chi connectivity index (χ3n) is 2.95. The van der Waals surface area contributed by atoms with Gasteiger partial charge < -0.3 is 15.2 Å². The fraction of sp³-hybridized carbons (Fsp3) is 0.267. The molecule has 23 heavy (non-hydrogen) atoms. The van der Waals surface area contributed by atoms with Crippen molar-refractivity contribution in [2.45, 2.75) is 26.0 Å². The zero-order valence-electron chi connectivity index (χ0n) is 12.3. The number of carbonyl (C=O) groups is 2. The molecule has 8 heteroatoms. The third kappa shape index (κ3) is 4.49. The minimum atomic E-state index is -1.12. The first kappa shape index (κ1) is 16.9. The monoisotopic (exact) mass is 338 g/mol. The summed E-state index contributed by atoms with van der Waals surface area (Å²) in [7, 11) is 0. The highest BCUT2D eigenvalue weighted by atomic mass is 32.1. The molecule has 1 atom stereocenters. The highest BCUT2D eigenvalue weighted by molar-refractivity contribution is 7.09. The lowest BCUT2D eigenvalue weighted by Crippen LogP contribution is -2.37. The number of hydrogen-bond acceptors (Lipinski definition) is 5. The smallest absolute Gasteiger partial charge is 0.355 e. The van der Waals surface area contributed by atoms with Gasteiger partial charge in [-0.15, -0.1) is 11.3 Å². The van der Waals surface area contributed by atoms with E-state index in [1.807, 2.05) is 0 Å². The summed E-state index contributed by atoms with van der Waals surface area (Å²) >= 11 is 1.14. The molecule has 0 saturated heterocycles. The minimum Gasteiger partial charge on any atom is -0.478 e. The summed E-state index contributed by atoms with van der Waals surface area (Å²) in [6.45, 7) is 1.84. The molecule has 2 aromatic rings. The molecular formula is C15H15FN2O4S. The molecular weight excluding hydrogens is 323 g/mol. The van der Waals surface area contributed by atoms with Gasteiger partial charge >= 0.3 is 5.97 Å². The number of nitrogens with one attached hydrogen (secondary N) is 1. The molecule has 1 unspecified atom stereocenters. The van der Waals surface area contributed by atoms with E-state index in [0.717, 1.165) is 11.3 Å². The highest BCUT2D eigenvalue weighted by Crippen LogP contribution is 2.18. The maximum atomic E-state index is 13.6. The van der Waals surface area contributed by atoms with Crippen LogP contribution in [0.5, 0.6) is 5.75 Å². The number of para-hydroxylation sites is 1. The van der Waals surface area contributed by atoms with Crippen LogP contribution in [-0.2, 0) is 11.3 Å². The number of carboxylic acids is 1. The number of nitrogens with zero attached hydrogens (tertiary/aromatic N) is 1. The maximum Gasteiger partial charge on any atom is 0.355 e. The van der Waals surface area contributed by atoms with Crippen molar-refractivity contribution >= 4 is 23.2 Å². The highest BCUT2D eigenvalue weighted by Gasteiger charge is 2.20. The second-order valence-electron chi connectivity index (χ2n) is 4.59. The Labute approximate surface area is 135 Å². The molecule has 0 radical (unpaired) electrons. The topological polar surface area (TPSA) is 88.5 Å². The van der Waals surface area contributed by atoms with Crippen molar-refractivity contribution < 1.29 is 23.8 Å². The number of hydrogen-bond donors (Lipinski definition) is 2. The molecule has 1 aromatic carbocycles. The van der Waals surface area contributed by atoms with Gasteiger partial charge in [-0.25, -0.2) is 14.2 Å². The van der Waals surface area contributed by atoms with Crippen molar-refractivity contribution in [1.82, 2.24) is 10.3 Å². The SMILES string of the molecule is CCC(Oc1ccccc1F)C(=O)NCc1nc(C(=O)O)cs1. The van der Waals surface area contributed by atoms with Gasteiger partial charge in [0.15, 0.2) is 23.4 Å². The number of carboxylic acid groups (broad SMARTS) is 1. The van der Waals surface area contributed by atoms with E-state index >= 15 is 0 Å². The van der Waals surface area contributed by atoms with Gasteiger partial charge in [0.05, 0.1) is 6.54 Å². The second kappa shape index (κ2) is 7.68.